The summed E-state index contributed by atoms with van der Waals surface area (Å²) in [5.74, 6) is 0.892. The molecule has 0 atom stereocenters. The molecule has 0 unspecified atom stereocenters. The summed E-state index contributed by atoms with van der Waals surface area (Å²) < 4.78 is 5.65. The average Bonchev–Trinajstić information content (AvgIpc) is 2.86. The Bertz CT molecular complexity index is 595. The summed E-state index contributed by atoms with van der Waals surface area (Å²) in [7, 11) is 1.82. The van der Waals surface area contributed by atoms with Crippen LogP contribution in [0.4, 0.5) is 0 Å². The van der Waals surface area contributed by atoms with Crippen molar-refractivity contribution in [3.63, 3.8) is 0 Å². The van der Waals surface area contributed by atoms with Gasteiger partial charge in [0.25, 0.3) is 5.91 Å². The number of hydrogen-bond donors (Lipinski definition) is 0. The van der Waals surface area contributed by atoms with Gasteiger partial charge in [0.2, 0.25) is 0 Å². The average molecular weight is 274 g/mol. The molecule has 98 valence electrons. The second kappa shape index (κ2) is 5.01. The lowest BCUT2D eigenvalue weighted by Crippen LogP contribution is -2.33. The highest BCUT2D eigenvalue weighted by Crippen LogP contribution is 2.25. The fourth-order valence-electron chi connectivity index (χ4n) is 2.01. The number of aromatic nitrogens is 1. The first-order valence-electron chi connectivity index (χ1n) is 6.16. The molecule has 2 heterocycles. The minimum Gasteiger partial charge on any atom is -0.486 e. The van der Waals surface area contributed by atoms with Crippen molar-refractivity contribution in [2.24, 2.45) is 0 Å². The maximum atomic E-state index is 12.0. The summed E-state index contributed by atoms with van der Waals surface area (Å²) in [6.45, 7) is 1.16. The van der Waals surface area contributed by atoms with E-state index >= 15 is 0 Å². The quantitative estimate of drug-likeness (QED) is 0.863. The Morgan fingerprint density at radius 1 is 1.37 bits per heavy atom. The molecule has 0 spiro atoms. The van der Waals surface area contributed by atoms with E-state index in [4.69, 9.17) is 4.74 Å². The van der Waals surface area contributed by atoms with E-state index in [1.54, 1.807) is 4.90 Å². The van der Waals surface area contributed by atoms with Crippen LogP contribution in [-0.4, -0.2) is 29.4 Å². The molecule has 1 aromatic heterocycles. The highest BCUT2D eigenvalue weighted by Gasteiger charge is 2.25. The molecule has 19 heavy (non-hydrogen) atoms. The van der Waals surface area contributed by atoms with Crippen LogP contribution < -0.4 is 4.74 Å². The van der Waals surface area contributed by atoms with E-state index in [1.807, 2.05) is 37.4 Å². The predicted octanol–water partition coefficient (Wildman–Crippen LogP) is 2.35. The fourth-order valence-corrected chi connectivity index (χ4v) is 3.03. The van der Waals surface area contributed by atoms with Crippen LogP contribution in [0.15, 0.2) is 30.3 Å². The summed E-state index contributed by atoms with van der Waals surface area (Å²) in [6.07, 6.45) is 0.833. The molecule has 1 aromatic carbocycles. The number of para-hydroxylation sites is 1. The van der Waals surface area contributed by atoms with Crippen molar-refractivity contribution in [3.8, 4) is 5.75 Å². The number of thiazole rings is 1. The maximum Gasteiger partial charge on any atom is 0.265 e. The van der Waals surface area contributed by atoms with Gasteiger partial charge >= 0.3 is 0 Å². The number of rotatable bonds is 3. The van der Waals surface area contributed by atoms with Crippen LogP contribution in [0.25, 0.3) is 0 Å². The zero-order chi connectivity index (χ0) is 13.2. The van der Waals surface area contributed by atoms with Crippen LogP contribution in [0.2, 0.25) is 0 Å². The number of amides is 1. The first-order chi connectivity index (χ1) is 9.24. The predicted molar refractivity (Wildman–Crippen MR) is 73.6 cm³/mol. The van der Waals surface area contributed by atoms with Gasteiger partial charge in [-0.25, -0.2) is 4.98 Å². The van der Waals surface area contributed by atoms with Gasteiger partial charge in [0.05, 0.1) is 5.69 Å². The molecule has 0 aliphatic carbocycles. The third-order valence-corrected chi connectivity index (χ3v) is 4.13. The summed E-state index contributed by atoms with van der Waals surface area (Å²) in [6, 6.07) is 9.63. The van der Waals surface area contributed by atoms with E-state index in [2.05, 4.69) is 4.98 Å². The zero-order valence-corrected chi connectivity index (χ0v) is 11.4. The van der Waals surface area contributed by atoms with E-state index in [-0.39, 0.29) is 5.91 Å². The first-order valence-corrected chi connectivity index (χ1v) is 6.97. The number of carbonyl (C=O) groups excluding carboxylic acids is 1. The van der Waals surface area contributed by atoms with Gasteiger partial charge in [-0.05, 0) is 12.1 Å². The van der Waals surface area contributed by atoms with Gasteiger partial charge in [-0.3, -0.25) is 4.79 Å². The number of carbonyl (C=O) groups is 1. The third kappa shape index (κ3) is 2.46. The van der Waals surface area contributed by atoms with Gasteiger partial charge in [0, 0.05) is 20.0 Å². The molecule has 0 fully saturated rings. The molecule has 1 amide bonds. The lowest BCUT2D eigenvalue weighted by atomic mass is 10.2. The van der Waals surface area contributed by atoms with Crippen molar-refractivity contribution in [1.82, 2.24) is 9.88 Å². The van der Waals surface area contributed by atoms with Gasteiger partial charge in [0.1, 0.15) is 22.2 Å². The van der Waals surface area contributed by atoms with Crippen LogP contribution in [0.5, 0.6) is 5.75 Å². The summed E-state index contributed by atoms with van der Waals surface area (Å²) in [5.41, 5.74) is 0.916. The minimum atomic E-state index is 0.0738. The topological polar surface area (TPSA) is 42.4 Å². The van der Waals surface area contributed by atoms with E-state index < -0.39 is 0 Å². The second-order valence-corrected chi connectivity index (χ2v) is 5.55. The lowest BCUT2D eigenvalue weighted by Gasteiger charge is -2.20. The van der Waals surface area contributed by atoms with Crippen molar-refractivity contribution in [1.29, 1.82) is 0 Å². The number of ether oxygens (including phenoxy) is 1. The molecule has 0 bridgehead atoms. The van der Waals surface area contributed by atoms with Crippen molar-refractivity contribution >= 4 is 17.2 Å². The molecule has 4 nitrogen and oxygen atoms in total. The molecule has 0 saturated carbocycles. The summed E-state index contributed by atoms with van der Waals surface area (Å²) >= 11 is 1.44. The van der Waals surface area contributed by atoms with E-state index in [9.17, 15) is 4.79 Å². The number of hydrogen-bond acceptors (Lipinski definition) is 4. The molecular weight excluding hydrogens is 260 g/mol. The van der Waals surface area contributed by atoms with Crippen LogP contribution in [0.3, 0.4) is 0 Å². The summed E-state index contributed by atoms with van der Waals surface area (Å²) in [5, 5.41) is 0.859. The van der Waals surface area contributed by atoms with Gasteiger partial charge in [0.15, 0.2) is 0 Å². The Morgan fingerprint density at radius 3 is 2.95 bits per heavy atom. The summed E-state index contributed by atoms with van der Waals surface area (Å²) in [4.78, 5) is 19.0. The zero-order valence-electron chi connectivity index (χ0n) is 10.6. The molecule has 0 saturated heterocycles. The minimum absolute atomic E-state index is 0.0738. The molecule has 0 N–H and O–H groups in total. The van der Waals surface area contributed by atoms with Crippen molar-refractivity contribution < 1.29 is 9.53 Å². The monoisotopic (exact) mass is 274 g/mol. The van der Waals surface area contributed by atoms with Crippen LogP contribution in [0, 0.1) is 0 Å². The SMILES string of the molecule is CN1CCc2nc(COc3ccccc3)sc2C1=O. The largest absolute Gasteiger partial charge is 0.486 e. The Balaban J connectivity index is 1.73. The van der Waals surface area contributed by atoms with Gasteiger partial charge < -0.3 is 9.64 Å². The Morgan fingerprint density at radius 2 is 2.16 bits per heavy atom. The Hall–Kier alpha value is -1.88. The number of likely N-dealkylation sites (N-methyl/N-ethyl adjacent to an activating group) is 1. The first kappa shape index (κ1) is 12.2. The molecular formula is C14H14N2O2S. The lowest BCUT2D eigenvalue weighted by molar-refractivity contribution is 0.0785. The molecule has 1 aliphatic rings. The van der Waals surface area contributed by atoms with Crippen LogP contribution in [0.1, 0.15) is 20.4 Å². The van der Waals surface area contributed by atoms with Crippen LogP contribution >= 0.6 is 11.3 Å². The van der Waals surface area contributed by atoms with Crippen molar-refractivity contribution in [3.05, 3.63) is 45.9 Å². The standard InChI is InChI=1S/C14H14N2O2S/c1-16-8-7-11-13(14(16)17)19-12(15-11)9-18-10-5-3-2-4-6-10/h2-6H,7-9H2,1H3. The van der Waals surface area contributed by atoms with E-state index in [1.165, 1.54) is 11.3 Å². The normalized spacial score (nSPS) is 14.4. The van der Waals surface area contributed by atoms with Crippen LogP contribution in [-0.2, 0) is 13.0 Å². The molecule has 3 rings (SSSR count). The highest BCUT2D eigenvalue weighted by molar-refractivity contribution is 7.13. The number of fused-ring (bicyclic) bond motifs is 1. The molecule has 2 aromatic rings. The second-order valence-electron chi connectivity index (χ2n) is 4.46. The van der Waals surface area contributed by atoms with Gasteiger partial charge in [-0.1, -0.05) is 18.2 Å². The third-order valence-electron chi connectivity index (χ3n) is 3.07. The molecule has 1 aliphatic heterocycles. The smallest absolute Gasteiger partial charge is 0.265 e. The Labute approximate surface area is 115 Å². The molecule has 0 radical (unpaired) electrons. The van der Waals surface area contributed by atoms with Gasteiger partial charge in [-0.2, -0.15) is 0 Å². The van der Waals surface area contributed by atoms with Crippen molar-refractivity contribution in [2.75, 3.05) is 13.6 Å². The van der Waals surface area contributed by atoms with Crippen molar-refractivity contribution in [2.45, 2.75) is 13.0 Å². The number of benzene rings is 1. The van der Waals surface area contributed by atoms with Gasteiger partial charge in [-0.15, -0.1) is 11.3 Å². The van der Waals surface area contributed by atoms with E-state index in [0.717, 1.165) is 34.3 Å². The highest BCUT2D eigenvalue weighted by atomic mass is 32.1. The Kier molecular flexibility index (Phi) is 3.21. The van der Waals surface area contributed by atoms with E-state index in [0.29, 0.717) is 6.61 Å². The molecule has 5 heteroatoms. The fraction of sp³-hybridized carbons (Fsp3) is 0.286. The number of nitrogens with zero attached hydrogens (tertiary/aromatic N) is 2. The maximum absolute atomic E-state index is 12.0.